The van der Waals surface area contributed by atoms with E-state index in [-0.39, 0.29) is 18.4 Å². The van der Waals surface area contributed by atoms with Crippen LogP contribution in [0.4, 0.5) is 0 Å². The maximum atomic E-state index is 11.9. The summed E-state index contributed by atoms with van der Waals surface area (Å²) in [6.45, 7) is 7.95. The van der Waals surface area contributed by atoms with E-state index in [2.05, 4.69) is 29.1 Å². The van der Waals surface area contributed by atoms with Crippen LogP contribution in [0.5, 0.6) is 0 Å². The van der Waals surface area contributed by atoms with Crippen LogP contribution in [0, 0.1) is 12.8 Å². The van der Waals surface area contributed by atoms with Gasteiger partial charge in [-0.05, 0) is 39.0 Å². The average Bonchev–Trinajstić information content (AvgIpc) is 2.34. The van der Waals surface area contributed by atoms with Crippen molar-refractivity contribution in [1.82, 2.24) is 15.3 Å². The third-order valence-corrected chi connectivity index (χ3v) is 3.44. The molecule has 0 aromatic carbocycles. The molecule has 0 saturated heterocycles. The molecular formula is C15H25N3O3. The van der Waals surface area contributed by atoms with Crippen molar-refractivity contribution in [1.29, 1.82) is 0 Å². The molecule has 1 heterocycles. The van der Waals surface area contributed by atoms with Gasteiger partial charge in [0.25, 0.3) is 5.56 Å². The topological polar surface area (TPSA) is 94.8 Å². The highest BCUT2D eigenvalue weighted by atomic mass is 16.2. The maximum Gasteiger partial charge on any atom is 0.325 e. The third-order valence-electron chi connectivity index (χ3n) is 3.44. The van der Waals surface area contributed by atoms with Gasteiger partial charge in [-0.3, -0.25) is 14.6 Å². The molecule has 0 aliphatic heterocycles. The van der Waals surface area contributed by atoms with Gasteiger partial charge in [0.1, 0.15) is 0 Å². The molecule has 0 aliphatic rings. The minimum Gasteiger partial charge on any atom is -0.354 e. The molecule has 1 unspecified atom stereocenters. The van der Waals surface area contributed by atoms with Crippen molar-refractivity contribution in [2.75, 3.05) is 0 Å². The second-order valence-corrected chi connectivity index (χ2v) is 5.95. The number of amides is 1. The first-order valence-corrected chi connectivity index (χ1v) is 7.41. The van der Waals surface area contributed by atoms with E-state index in [1.54, 1.807) is 6.92 Å². The molecule has 1 aromatic rings. The SMILES string of the molecule is Cc1[nH]c(=O)[nH]c(=O)c1CCC(=O)NC(C)CCC(C)C. The fourth-order valence-corrected chi connectivity index (χ4v) is 2.17. The number of hydrogen-bond acceptors (Lipinski definition) is 3. The zero-order valence-electron chi connectivity index (χ0n) is 13.2. The molecule has 6 nitrogen and oxygen atoms in total. The fourth-order valence-electron chi connectivity index (χ4n) is 2.17. The van der Waals surface area contributed by atoms with Crippen molar-refractivity contribution in [3.05, 3.63) is 32.1 Å². The molecule has 118 valence electrons. The summed E-state index contributed by atoms with van der Waals surface area (Å²) in [7, 11) is 0. The van der Waals surface area contributed by atoms with Gasteiger partial charge in [0.15, 0.2) is 0 Å². The molecule has 1 amide bonds. The van der Waals surface area contributed by atoms with Gasteiger partial charge < -0.3 is 10.3 Å². The highest BCUT2D eigenvalue weighted by Gasteiger charge is 2.11. The number of hydrogen-bond donors (Lipinski definition) is 3. The molecule has 1 aromatic heterocycles. The molecule has 0 radical (unpaired) electrons. The lowest BCUT2D eigenvalue weighted by Gasteiger charge is -2.15. The monoisotopic (exact) mass is 295 g/mol. The number of carbonyl (C=O) groups excluding carboxylic acids is 1. The summed E-state index contributed by atoms with van der Waals surface area (Å²) < 4.78 is 0. The molecule has 21 heavy (non-hydrogen) atoms. The van der Waals surface area contributed by atoms with Gasteiger partial charge in [0.2, 0.25) is 5.91 Å². The van der Waals surface area contributed by atoms with Gasteiger partial charge in [-0.15, -0.1) is 0 Å². The highest BCUT2D eigenvalue weighted by molar-refractivity contribution is 5.76. The van der Waals surface area contributed by atoms with Crippen LogP contribution in [0.2, 0.25) is 0 Å². The van der Waals surface area contributed by atoms with Crippen molar-refractivity contribution in [3.63, 3.8) is 0 Å². The highest BCUT2D eigenvalue weighted by Crippen LogP contribution is 2.07. The van der Waals surface area contributed by atoms with E-state index in [4.69, 9.17) is 0 Å². The van der Waals surface area contributed by atoms with Crippen molar-refractivity contribution in [2.24, 2.45) is 5.92 Å². The zero-order chi connectivity index (χ0) is 16.0. The lowest BCUT2D eigenvalue weighted by molar-refractivity contribution is -0.121. The van der Waals surface area contributed by atoms with Crippen LogP contribution in [-0.2, 0) is 11.2 Å². The second kappa shape index (κ2) is 7.81. The van der Waals surface area contributed by atoms with E-state index in [0.717, 1.165) is 12.8 Å². The van der Waals surface area contributed by atoms with Gasteiger partial charge in [0.05, 0.1) is 0 Å². The normalized spacial score (nSPS) is 12.4. The minimum absolute atomic E-state index is 0.0729. The predicted molar refractivity (Wildman–Crippen MR) is 82.4 cm³/mol. The number of aryl methyl sites for hydroxylation is 1. The van der Waals surface area contributed by atoms with Crippen LogP contribution in [0.15, 0.2) is 9.59 Å². The van der Waals surface area contributed by atoms with Crippen molar-refractivity contribution in [2.45, 2.75) is 59.4 Å². The molecule has 6 heteroatoms. The summed E-state index contributed by atoms with van der Waals surface area (Å²) in [5, 5.41) is 2.93. The first-order chi connectivity index (χ1) is 9.79. The summed E-state index contributed by atoms with van der Waals surface area (Å²) >= 11 is 0. The molecule has 0 saturated carbocycles. The summed E-state index contributed by atoms with van der Waals surface area (Å²) in [5.74, 6) is 0.544. The van der Waals surface area contributed by atoms with E-state index < -0.39 is 11.2 Å². The maximum absolute atomic E-state index is 11.9. The van der Waals surface area contributed by atoms with E-state index >= 15 is 0 Å². The van der Waals surface area contributed by atoms with Crippen LogP contribution in [0.1, 0.15) is 51.3 Å². The fraction of sp³-hybridized carbons (Fsp3) is 0.667. The van der Waals surface area contributed by atoms with Crippen LogP contribution in [0.25, 0.3) is 0 Å². The Morgan fingerprint density at radius 1 is 1.14 bits per heavy atom. The Morgan fingerprint density at radius 3 is 2.38 bits per heavy atom. The van der Waals surface area contributed by atoms with E-state index in [1.165, 1.54) is 0 Å². The number of carbonyl (C=O) groups is 1. The molecule has 1 atom stereocenters. The number of aromatic nitrogens is 2. The van der Waals surface area contributed by atoms with Crippen molar-refractivity contribution >= 4 is 5.91 Å². The van der Waals surface area contributed by atoms with Gasteiger partial charge in [-0.2, -0.15) is 0 Å². The molecule has 0 aliphatic carbocycles. The van der Waals surface area contributed by atoms with Crippen LogP contribution in [0.3, 0.4) is 0 Å². The van der Waals surface area contributed by atoms with Gasteiger partial charge in [-0.25, -0.2) is 4.79 Å². The van der Waals surface area contributed by atoms with Crippen molar-refractivity contribution < 1.29 is 4.79 Å². The summed E-state index contributed by atoms with van der Waals surface area (Å²) in [6, 6.07) is 0.134. The Hall–Kier alpha value is -1.85. The number of rotatable bonds is 7. The standard InChI is InChI=1S/C15H25N3O3/c1-9(2)5-6-10(3)16-13(19)8-7-12-11(4)17-15(21)18-14(12)20/h9-10H,5-8H2,1-4H3,(H,16,19)(H2,17,18,20,21). The van der Waals surface area contributed by atoms with Crippen LogP contribution in [-0.4, -0.2) is 21.9 Å². The molecule has 3 N–H and O–H groups in total. The van der Waals surface area contributed by atoms with Gasteiger partial charge in [-0.1, -0.05) is 13.8 Å². The zero-order valence-corrected chi connectivity index (χ0v) is 13.2. The van der Waals surface area contributed by atoms with Gasteiger partial charge in [0, 0.05) is 23.7 Å². The number of H-pyrrole nitrogens is 2. The van der Waals surface area contributed by atoms with Crippen LogP contribution < -0.4 is 16.6 Å². The molecule has 0 spiro atoms. The summed E-state index contributed by atoms with van der Waals surface area (Å²) in [6.07, 6.45) is 2.57. The first-order valence-electron chi connectivity index (χ1n) is 7.41. The molecular weight excluding hydrogens is 270 g/mol. The number of nitrogens with one attached hydrogen (secondary N) is 3. The molecule has 0 bridgehead atoms. The lowest BCUT2D eigenvalue weighted by Crippen LogP contribution is -2.34. The van der Waals surface area contributed by atoms with Crippen molar-refractivity contribution in [3.8, 4) is 0 Å². The third kappa shape index (κ3) is 5.97. The Labute approximate surface area is 124 Å². The average molecular weight is 295 g/mol. The smallest absolute Gasteiger partial charge is 0.325 e. The Kier molecular flexibility index (Phi) is 6.39. The van der Waals surface area contributed by atoms with Crippen LogP contribution >= 0.6 is 0 Å². The van der Waals surface area contributed by atoms with Gasteiger partial charge >= 0.3 is 5.69 Å². The summed E-state index contributed by atoms with van der Waals surface area (Å²) in [4.78, 5) is 39.3. The largest absolute Gasteiger partial charge is 0.354 e. The Balaban J connectivity index is 2.50. The second-order valence-electron chi connectivity index (χ2n) is 5.95. The molecule has 1 rings (SSSR count). The quantitative estimate of drug-likeness (QED) is 0.706. The van der Waals surface area contributed by atoms with E-state index in [0.29, 0.717) is 23.6 Å². The molecule has 0 fully saturated rings. The van der Waals surface area contributed by atoms with E-state index in [9.17, 15) is 14.4 Å². The summed E-state index contributed by atoms with van der Waals surface area (Å²) in [5.41, 5.74) is 0.0360. The Bertz CT molecular complexity index is 587. The predicted octanol–water partition coefficient (Wildman–Crippen LogP) is 1.25. The Morgan fingerprint density at radius 2 is 1.81 bits per heavy atom. The lowest BCUT2D eigenvalue weighted by atomic mass is 10.0. The minimum atomic E-state index is -0.520. The number of aromatic amines is 2. The first kappa shape index (κ1) is 17.2. The van der Waals surface area contributed by atoms with E-state index in [1.807, 2.05) is 6.92 Å².